The van der Waals surface area contributed by atoms with E-state index in [0.29, 0.717) is 6.61 Å². The molecule has 1 aliphatic carbocycles. The van der Waals surface area contributed by atoms with Gasteiger partial charge in [-0.1, -0.05) is 24.3 Å². The van der Waals surface area contributed by atoms with Gasteiger partial charge >= 0.3 is 0 Å². The first-order chi connectivity index (χ1) is 13.9. The molecule has 0 spiro atoms. The lowest BCUT2D eigenvalue weighted by Gasteiger charge is -2.29. The average Bonchev–Trinajstić information content (AvgIpc) is 3.55. The van der Waals surface area contributed by atoms with Crippen molar-refractivity contribution < 1.29 is 27.8 Å². The summed E-state index contributed by atoms with van der Waals surface area (Å²) < 4.78 is 53.7. The highest BCUT2D eigenvalue weighted by Crippen LogP contribution is 2.38. The van der Waals surface area contributed by atoms with Crippen LogP contribution in [-0.4, -0.2) is 17.8 Å². The lowest BCUT2D eigenvalue weighted by atomic mass is 9.82. The molecule has 2 aromatic carbocycles. The third-order valence-corrected chi connectivity index (χ3v) is 5.96. The van der Waals surface area contributed by atoms with Crippen molar-refractivity contribution in [3.05, 3.63) is 70.0 Å². The molecule has 0 bridgehead atoms. The molecule has 1 saturated carbocycles. The molecule has 4 rings (SSSR count). The highest BCUT2D eigenvalue weighted by atomic mass is 19.2. The van der Waals surface area contributed by atoms with Gasteiger partial charge in [0.05, 0.1) is 25.4 Å². The summed E-state index contributed by atoms with van der Waals surface area (Å²) in [5.41, 5.74) is 1.69. The summed E-state index contributed by atoms with van der Waals surface area (Å²) in [6.07, 6.45) is 1.98. The Bertz CT molecular complexity index is 872. The van der Waals surface area contributed by atoms with E-state index in [4.69, 9.17) is 9.47 Å². The average molecular weight is 406 g/mol. The molecular weight excluding hydrogens is 381 g/mol. The SMILES string of the molecule is CC(O)c1ccc(COC2CCC(c3ccc(C4CO4)cc3F)CC2)c(F)c1F. The normalized spacial score (nSPS) is 25.1. The van der Waals surface area contributed by atoms with Gasteiger partial charge in [-0.15, -0.1) is 0 Å². The van der Waals surface area contributed by atoms with E-state index >= 15 is 0 Å². The Morgan fingerprint density at radius 2 is 1.79 bits per heavy atom. The molecule has 2 fully saturated rings. The van der Waals surface area contributed by atoms with Crippen molar-refractivity contribution in [2.45, 2.75) is 63.4 Å². The van der Waals surface area contributed by atoms with E-state index in [1.165, 1.54) is 19.1 Å². The van der Waals surface area contributed by atoms with Crippen molar-refractivity contribution >= 4 is 0 Å². The first-order valence-corrected chi connectivity index (χ1v) is 10.1. The minimum Gasteiger partial charge on any atom is -0.389 e. The number of aliphatic hydroxyl groups excluding tert-OH is 1. The molecule has 29 heavy (non-hydrogen) atoms. The fourth-order valence-corrected chi connectivity index (χ4v) is 4.10. The molecule has 3 nitrogen and oxygen atoms in total. The van der Waals surface area contributed by atoms with Crippen LogP contribution in [0.2, 0.25) is 0 Å². The van der Waals surface area contributed by atoms with Crippen molar-refractivity contribution in [1.29, 1.82) is 0 Å². The maximum Gasteiger partial charge on any atom is 0.164 e. The number of epoxide rings is 1. The standard InChI is InChI=1S/C23H25F3O3/c1-13(27)18-8-5-16(22(25)23(18)26)11-28-17-6-2-14(3-7-17)19-9-4-15(10-20(19)24)21-12-29-21/h4-5,8-10,13-14,17,21,27H,2-3,6-7,11-12H2,1H3. The van der Waals surface area contributed by atoms with Crippen molar-refractivity contribution in [1.82, 2.24) is 0 Å². The van der Waals surface area contributed by atoms with Crippen LogP contribution in [-0.2, 0) is 16.1 Å². The second-order valence-electron chi connectivity index (χ2n) is 8.01. The van der Waals surface area contributed by atoms with E-state index < -0.39 is 17.7 Å². The first kappa shape index (κ1) is 20.4. The Morgan fingerprint density at radius 1 is 1.07 bits per heavy atom. The fourth-order valence-electron chi connectivity index (χ4n) is 4.10. The van der Waals surface area contributed by atoms with Crippen LogP contribution in [0, 0.1) is 17.5 Å². The van der Waals surface area contributed by atoms with Crippen molar-refractivity contribution in [3.63, 3.8) is 0 Å². The zero-order chi connectivity index (χ0) is 20.5. The monoisotopic (exact) mass is 406 g/mol. The lowest BCUT2D eigenvalue weighted by molar-refractivity contribution is 0.0116. The van der Waals surface area contributed by atoms with E-state index in [-0.39, 0.29) is 41.7 Å². The summed E-state index contributed by atoms with van der Waals surface area (Å²) in [7, 11) is 0. The lowest BCUT2D eigenvalue weighted by Crippen LogP contribution is -2.21. The van der Waals surface area contributed by atoms with Gasteiger partial charge in [0.1, 0.15) is 11.9 Å². The number of hydrogen-bond acceptors (Lipinski definition) is 3. The summed E-state index contributed by atoms with van der Waals surface area (Å²) in [4.78, 5) is 0. The summed E-state index contributed by atoms with van der Waals surface area (Å²) >= 11 is 0. The highest BCUT2D eigenvalue weighted by molar-refractivity contribution is 5.30. The molecule has 6 heteroatoms. The van der Waals surface area contributed by atoms with Gasteiger partial charge in [0.2, 0.25) is 0 Å². The molecule has 2 unspecified atom stereocenters. The Labute approximate surface area is 168 Å². The zero-order valence-corrected chi connectivity index (χ0v) is 16.3. The van der Waals surface area contributed by atoms with E-state index in [1.54, 1.807) is 6.07 Å². The molecule has 1 heterocycles. The van der Waals surface area contributed by atoms with Gasteiger partial charge in [-0.2, -0.15) is 0 Å². The third kappa shape index (κ3) is 4.49. The smallest absolute Gasteiger partial charge is 0.164 e. The molecule has 2 atom stereocenters. The maximum atomic E-state index is 14.5. The van der Waals surface area contributed by atoms with Crippen molar-refractivity contribution in [2.75, 3.05) is 6.61 Å². The Hall–Kier alpha value is -1.89. The van der Waals surface area contributed by atoms with Gasteiger partial charge in [-0.3, -0.25) is 0 Å². The predicted octanol–water partition coefficient (Wildman–Crippen LogP) is 5.47. The molecule has 0 radical (unpaired) electrons. The van der Waals surface area contributed by atoms with Crippen LogP contribution in [0.4, 0.5) is 13.2 Å². The van der Waals surface area contributed by atoms with Crippen LogP contribution in [0.3, 0.4) is 0 Å². The number of rotatable bonds is 6. The van der Waals surface area contributed by atoms with Gasteiger partial charge in [0.25, 0.3) is 0 Å². The molecule has 1 saturated heterocycles. The zero-order valence-electron chi connectivity index (χ0n) is 16.3. The number of aliphatic hydroxyl groups is 1. The summed E-state index contributed by atoms with van der Waals surface area (Å²) in [5, 5.41) is 9.47. The molecule has 0 aromatic heterocycles. The van der Waals surface area contributed by atoms with E-state index in [0.717, 1.165) is 36.8 Å². The Balaban J connectivity index is 1.32. The predicted molar refractivity (Wildman–Crippen MR) is 102 cm³/mol. The Kier molecular flexibility index (Phi) is 5.95. The number of halogens is 3. The number of ether oxygens (including phenoxy) is 2. The van der Waals surface area contributed by atoms with Crippen LogP contribution in [0.15, 0.2) is 30.3 Å². The van der Waals surface area contributed by atoms with E-state index in [1.807, 2.05) is 12.1 Å². The van der Waals surface area contributed by atoms with Crippen LogP contribution < -0.4 is 0 Å². The minimum atomic E-state index is -1.07. The molecule has 1 aliphatic heterocycles. The largest absolute Gasteiger partial charge is 0.389 e. The molecule has 2 aromatic rings. The fraction of sp³-hybridized carbons (Fsp3) is 0.478. The number of benzene rings is 2. The van der Waals surface area contributed by atoms with Crippen LogP contribution in [0.5, 0.6) is 0 Å². The first-order valence-electron chi connectivity index (χ1n) is 10.1. The molecule has 0 amide bonds. The quantitative estimate of drug-likeness (QED) is 0.647. The highest BCUT2D eigenvalue weighted by Gasteiger charge is 2.28. The molecule has 1 N–H and O–H groups in total. The third-order valence-electron chi connectivity index (χ3n) is 5.96. The van der Waals surface area contributed by atoms with Gasteiger partial charge in [0.15, 0.2) is 11.6 Å². The van der Waals surface area contributed by atoms with Gasteiger partial charge in [-0.05, 0) is 55.7 Å². The van der Waals surface area contributed by atoms with Gasteiger partial charge in [-0.25, -0.2) is 13.2 Å². The summed E-state index contributed by atoms with van der Waals surface area (Å²) in [6, 6.07) is 8.21. The summed E-state index contributed by atoms with van der Waals surface area (Å²) in [5.74, 6) is -2.04. The maximum absolute atomic E-state index is 14.5. The second-order valence-corrected chi connectivity index (χ2v) is 8.01. The van der Waals surface area contributed by atoms with Gasteiger partial charge < -0.3 is 14.6 Å². The van der Waals surface area contributed by atoms with Crippen LogP contribution in [0.1, 0.15) is 73.0 Å². The van der Waals surface area contributed by atoms with E-state index in [9.17, 15) is 18.3 Å². The van der Waals surface area contributed by atoms with E-state index in [2.05, 4.69) is 0 Å². The second kappa shape index (κ2) is 8.46. The van der Waals surface area contributed by atoms with Gasteiger partial charge in [0, 0.05) is 11.1 Å². The Morgan fingerprint density at radius 3 is 2.41 bits per heavy atom. The molecular formula is C23H25F3O3. The topological polar surface area (TPSA) is 42.0 Å². The van der Waals surface area contributed by atoms with Crippen molar-refractivity contribution in [2.24, 2.45) is 0 Å². The van der Waals surface area contributed by atoms with Crippen LogP contribution >= 0.6 is 0 Å². The van der Waals surface area contributed by atoms with Crippen LogP contribution in [0.25, 0.3) is 0 Å². The summed E-state index contributed by atoms with van der Waals surface area (Å²) in [6.45, 7) is 2.03. The number of hydrogen-bond donors (Lipinski definition) is 1. The minimum absolute atomic E-state index is 0.0252. The molecule has 156 valence electrons. The molecule has 2 aliphatic rings. The van der Waals surface area contributed by atoms with Crippen molar-refractivity contribution in [3.8, 4) is 0 Å².